The lowest BCUT2D eigenvalue weighted by molar-refractivity contribution is -0.139. The lowest BCUT2D eigenvalue weighted by Crippen LogP contribution is -2.25. The van der Waals surface area contributed by atoms with Gasteiger partial charge < -0.3 is 10.5 Å². The van der Waals surface area contributed by atoms with E-state index in [4.69, 9.17) is 5.73 Å². The molecule has 1 atom stereocenters. The summed E-state index contributed by atoms with van der Waals surface area (Å²) >= 11 is 1.22. The number of alkyl halides is 3. The first kappa shape index (κ1) is 18.9. The molecule has 2 heterocycles. The predicted octanol–water partition coefficient (Wildman–Crippen LogP) is 4.54. The minimum atomic E-state index is -4.74. The Morgan fingerprint density at radius 3 is 2.69 bits per heavy atom. The predicted molar refractivity (Wildman–Crippen MR) is 92.6 cm³/mol. The largest absolute Gasteiger partial charge is 0.493 e. The number of halogens is 4. The van der Waals surface area contributed by atoms with Crippen molar-refractivity contribution in [1.82, 2.24) is 9.88 Å². The van der Waals surface area contributed by atoms with E-state index in [1.807, 2.05) is 0 Å². The smallest absolute Gasteiger partial charge is 0.420 e. The van der Waals surface area contributed by atoms with Crippen LogP contribution in [0.1, 0.15) is 30.2 Å². The molecule has 9 heteroatoms. The maximum absolute atomic E-state index is 14.2. The summed E-state index contributed by atoms with van der Waals surface area (Å²) in [6.45, 7) is 3.54. The molecule has 26 heavy (non-hydrogen) atoms. The molecule has 1 aliphatic rings. The van der Waals surface area contributed by atoms with Crippen LogP contribution in [-0.2, 0) is 12.7 Å². The minimum Gasteiger partial charge on any atom is -0.493 e. The van der Waals surface area contributed by atoms with E-state index in [1.54, 1.807) is 0 Å². The summed E-state index contributed by atoms with van der Waals surface area (Å²) in [5.74, 6) is -1.90. The molecule has 142 valence electrons. The summed E-state index contributed by atoms with van der Waals surface area (Å²) in [6, 6.07) is 2.26. The highest BCUT2D eigenvalue weighted by Gasteiger charge is 2.37. The number of rotatable bonds is 4. The number of nitrogens with zero attached hydrogens (tertiary/aromatic N) is 2. The first-order chi connectivity index (χ1) is 12.2. The molecule has 1 saturated heterocycles. The van der Waals surface area contributed by atoms with E-state index in [0.29, 0.717) is 18.3 Å². The van der Waals surface area contributed by atoms with Gasteiger partial charge in [0.25, 0.3) is 0 Å². The summed E-state index contributed by atoms with van der Waals surface area (Å²) in [4.78, 5) is 7.12. The van der Waals surface area contributed by atoms with Crippen molar-refractivity contribution in [3.63, 3.8) is 0 Å². The Kier molecular flexibility index (Phi) is 5.12. The number of likely N-dealkylation sites (tertiary alicyclic amines) is 1. The normalized spacial score (nSPS) is 18.5. The van der Waals surface area contributed by atoms with Gasteiger partial charge in [-0.25, -0.2) is 9.37 Å². The number of ether oxygens (including phenoxy) is 1. The Hall–Kier alpha value is -1.87. The number of anilines is 1. The van der Waals surface area contributed by atoms with Crippen molar-refractivity contribution in [3.05, 3.63) is 28.4 Å². The molecule has 0 aliphatic carbocycles. The van der Waals surface area contributed by atoms with E-state index < -0.39 is 23.3 Å². The van der Waals surface area contributed by atoms with Crippen molar-refractivity contribution in [2.24, 2.45) is 0 Å². The summed E-state index contributed by atoms with van der Waals surface area (Å²) in [5.41, 5.74) is 4.96. The van der Waals surface area contributed by atoms with Crippen molar-refractivity contribution in [1.29, 1.82) is 0 Å². The third-order valence-corrected chi connectivity index (χ3v) is 5.45. The number of nitrogen functional groups attached to an aromatic ring is 1. The van der Waals surface area contributed by atoms with Crippen molar-refractivity contribution in [3.8, 4) is 17.0 Å². The van der Waals surface area contributed by atoms with E-state index >= 15 is 0 Å². The zero-order valence-electron chi connectivity index (χ0n) is 14.4. The van der Waals surface area contributed by atoms with E-state index in [1.165, 1.54) is 11.3 Å². The summed E-state index contributed by atoms with van der Waals surface area (Å²) in [5, 5.41) is 0.242. The topological polar surface area (TPSA) is 51.4 Å². The number of aromatic nitrogens is 1. The van der Waals surface area contributed by atoms with Crippen LogP contribution in [0.4, 0.5) is 22.7 Å². The number of benzene rings is 1. The molecule has 1 fully saturated rings. The number of hydrogen-bond donors (Lipinski definition) is 1. The summed E-state index contributed by atoms with van der Waals surface area (Å²) < 4.78 is 58.7. The maximum atomic E-state index is 14.2. The third kappa shape index (κ3) is 3.64. The van der Waals surface area contributed by atoms with Crippen LogP contribution in [0, 0.1) is 5.82 Å². The Morgan fingerprint density at radius 2 is 2.12 bits per heavy atom. The van der Waals surface area contributed by atoms with Gasteiger partial charge in [-0.2, -0.15) is 13.2 Å². The van der Waals surface area contributed by atoms with Crippen LogP contribution in [0.3, 0.4) is 0 Å². The quantitative estimate of drug-likeness (QED) is 0.780. The van der Waals surface area contributed by atoms with Crippen LogP contribution < -0.4 is 10.5 Å². The molecule has 0 saturated carbocycles. The second-order valence-corrected chi connectivity index (χ2v) is 7.44. The van der Waals surface area contributed by atoms with Gasteiger partial charge in [0.2, 0.25) is 0 Å². The van der Waals surface area contributed by atoms with Gasteiger partial charge in [0, 0.05) is 23.0 Å². The number of hydrogen-bond acceptors (Lipinski definition) is 5. The van der Waals surface area contributed by atoms with Crippen LogP contribution in [0.5, 0.6) is 5.75 Å². The molecule has 2 N–H and O–H groups in total. The van der Waals surface area contributed by atoms with Crippen molar-refractivity contribution >= 4 is 16.5 Å². The molecule has 0 spiro atoms. The van der Waals surface area contributed by atoms with Gasteiger partial charge in [-0.3, -0.25) is 4.90 Å². The van der Waals surface area contributed by atoms with E-state index in [-0.39, 0.29) is 10.7 Å². The standard InChI is InChI=1S/C17H19F4N3OS/c1-9-4-3-5-24(9)8-13-14(23-16(22)26-13)10-6-11(17(19,20)21)15(25-2)12(18)7-10/h6-7,9H,3-5,8H2,1-2H3,(H2,22,23)/t9-/m1/s1. The number of methoxy groups -OCH3 is 1. The molecular formula is C17H19F4N3OS. The van der Waals surface area contributed by atoms with Crippen molar-refractivity contribution in [2.45, 2.75) is 38.5 Å². The summed E-state index contributed by atoms with van der Waals surface area (Å²) in [7, 11) is 1.01. The first-order valence-corrected chi connectivity index (χ1v) is 8.96. The molecule has 0 unspecified atom stereocenters. The Balaban J connectivity index is 2.05. The molecule has 1 aliphatic heterocycles. The maximum Gasteiger partial charge on any atom is 0.420 e. The highest BCUT2D eigenvalue weighted by Crippen LogP contribution is 2.42. The third-order valence-electron chi connectivity index (χ3n) is 4.58. The zero-order chi connectivity index (χ0) is 19.1. The molecule has 1 aromatic carbocycles. The zero-order valence-corrected chi connectivity index (χ0v) is 15.2. The fraction of sp³-hybridized carbons (Fsp3) is 0.471. The highest BCUT2D eigenvalue weighted by atomic mass is 32.1. The molecule has 4 nitrogen and oxygen atoms in total. The van der Waals surface area contributed by atoms with Gasteiger partial charge >= 0.3 is 6.18 Å². The van der Waals surface area contributed by atoms with Gasteiger partial charge in [-0.1, -0.05) is 0 Å². The molecule has 0 bridgehead atoms. The molecule has 0 radical (unpaired) electrons. The molecule has 2 aromatic rings. The molecule has 0 amide bonds. The minimum absolute atomic E-state index is 0.0467. The Bertz CT molecular complexity index is 806. The first-order valence-electron chi connectivity index (χ1n) is 8.15. The number of thiazole rings is 1. The van der Waals surface area contributed by atoms with Crippen molar-refractivity contribution in [2.75, 3.05) is 19.4 Å². The van der Waals surface area contributed by atoms with E-state index in [2.05, 4.69) is 21.5 Å². The van der Waals surface area contributed by atoms with Crippen LogP contribution in [0.15, 0.2) is 12.1 Å². The molecule has 1 aromatic heterocycles. The van der Waals surface area contributed by atoms with Crippen molar-refractivity contribution < 1.29 is 22.3 Å². The van der Waals surface area contributed by atoms with Crippen LogP contribution in [-0.4, -0.2) is 29.6 Å². The second kappa shape index (κ2) is 7.03. The van der Waals surface area contributed by atoms with E-state index in [9.17, 15) is 17.6 Å². The highest BCUT2D eigenvalue weighted by molar-refractivity contribution is 7.15. The summed E-state index contributed by atoms with van der Waals surface area (Å²) in [6.07, 6.45) is -2.60. The second-order valence-electron chi connectivity index (χ2n) is 6.32. The lowest BCUT2D eigenvalue weighted by atomic mass is 10.0. The lowest BCUT2D eigenvalue weighted by Gasteiger charge is -2.20. The van der Waals surface area contributed by atoms with Gasteiger partial charge in [-0.15, -0.1) is 11.3 Å². The van der Waals surface area contributed by atoms with Crippen LogP contribution in [0.2, 0.25) is 0 Å². The SMILES string of the molecule is COc1c(F)cc(-c2nc(N)sc2CN2CCC[C@H]2C)cc1C(F)(F)F. The van der Waals surface area contributed by atoms with Gasteiger partial charge in [0.15, 0.2) is 16.7 Å². The fourth-order valence-electron chi connectivity index (χ4n) is 3.26. The van der Waals surface area contributed by atoms with Crippen LogP contribution in [0.25, 0.3) is 11.3 Å². The number of nitrogens with two attached hydrogens (primary N) is 1. The molecular weight excluding hydrogens is 370 g/mol. The monoisotopic (exact) mass is 389 g/mol. The fourth-order valence-corrected chi connectivity index (χ4v) is 4.14. The molecule has 3 rings (SSSR count). The van der Waals surface area contributed by atoms with E-state index in [0.717, 1.165) is 43.5 Å². The van der Waals surface area contributed by atoms with Gasteiger partial charge in [0.05, 0.1) is 12.8 Å². The average Bonchev–Trinajstić information content (AvgIpc) is 3.12. The van der Waals surface area contributed by atoms with Gasteiger partial charge in [-0.05, 0) is 38.4 Å². The van der Waals surface area contributed by atoms with Crippen LogP contribution >= 0.6 is 11.3 Å². The van der Waals surface area contributed by atoms with Gasteiger partial charge in [0.1, 0.15) is 5.56 Å². The Labute approximate surface area is 152 Å². The average molecular weight is 389 g/mol. The Morgan fingerprint density at radius 1 is 1.38 bits per heavy atom.